The fraction of sp³-hybridized carbons (Fsp3) is 0.208. The molecule has 1 fully saturated rings. The average molecular weight is 414 g/mol. The molecule has 1 unspecified atom stereocenters. The number of nitrogens with one attached hydrogen (secondary N) is 1. The van der Waals surface area contributed by atoms with Crippen LogP contribution >= 0.6 is 0 Å². The van der Waals surface area contributed by atoms with Crippen LogP contribution in [-0.2, 0) is 16.0 Å². The fourth-order valence-electron chi connectivity index (χ4n) is 3.34. The maximum Gasteiger partial charge on any atom is 0.248 e. The van der Waals surface area contributed by atoms with Gasteiger partial charge >= 0.3 is 0 Å². The molecule has 0 saturated carbocycles. The van der Waals surface area contributed by atoms with Crippen LogP contribution in [0.15, 0.2) is 66.9 Å². The van der Waals surface area contributed by atoms with E-state index in [1.807, 2.05) is 55.6 Å². The summed E-state index contributed by atoms with van der Waals surface area (Å²) in [5, 5.41) is 12.3. The summed E-state index contributed by atoms with van der Waals surface area (Å²) in [6.07, 6.45) is 2.38. The van der Waals surface area contributed by atoms with Crippen molar-refractivity contribution in [2.24, 2.45) is 0 Å². The lowest BCUT2D eigenvalue weighted by molar-refractivity contribution is -0.145. The highest BCUT2D eigenvalue weighted by Crippen LogP contribution is 2.25. The van der Waals surface area contributed by atoms with Gasteiger partial charge in [-0.25, -0.2) is 4.98 Å². The van der Waals surface area contributed by atoms with Crippen LogP contribution in [0.25, 0.3) is 0 Å². The van der Waals surface area contributed by atoms with Crippen LogP contribution in [0.2, 0.25) is 0 Å². The largest absolute Gasteiger partial charge is 0.457 e. The van der Waals surface area contributed by atoms with Gasteiger partial charge in [-0.05, 0) is 60.5 Å². The molecule has 2 heterocycles. The number of carbonyl (C=O) groups excluding carboxylic acids is 1. The highest BCUT2D eigenvalue weighted by Gasteiger charge is 2.25. The number of ether oxygens (including phenoxy) is 2. The molecule has 1 amide bonds. The topological polar surface area (TPSA) is 87.5 Å². The molecular weight excluding hydrogens is 392 g/mol. The van der Waals surface area contributed by atoms with Crippen molar-refractivity contribution in [2.45, 2.75) is 12.5 Å². The van der Waals surface area contributed by atoms with Gasteiger partial charge in [0.15, 0.2) is 0 Å². The van der Waals surface area contributed by atoms with E-state index in [9.17, 15) is 4.79 Å². The molecule has 1 aromatic heterocycles. The fourth-order valence-corrected chi connectivity index (χ4v) is 3.34. The molecular formula is C24H22N4O3. The van der Waals surface area contributed by atoms with Crippen molar-refractivity contribution in [2.75, 3.05) is 25.6 Å². The summed E-state index contributed by atoms with van der Waals surface area (Å²) in [6, 6.07) is 20.9. The number of pyridine rings is 1. The first-order valence-electron chi connectivity index (χ1n) is 9.95. The van der Waals surface area contributed by atoms with Crippen LogP contribution in [0.1, 0.15) is 11.1 Å². The molecule has 0 bridgehead atoms. The third-order valence-electron chi connectivity index (χ3n) is 5.15. The van der Waals surface area contributed by atoms with Crippen molar-refractivity contribution in [3.63, 3.8) is 0 Å². The van der Waals surface area contributed by atoms with Gasteiger partial charge in [-0.15, -0.1) is 0 Å². The van der Waals surface area contributed by atoms with Crippen molar-refractivity contribution >= 4 is 17.4 Å². The van der Waals surface area contributed by atoms with Gasteiger partial charge < -0.3 is 19.7 Å². The van der Waals surface area contributed by atoms with E-state index in [1.165, 1.54) is 0 Å². The molecule has 31 heavy (non-hydrogen) atoms. The summed E-state index contributed by atoms with van der Waals surface area (Å²) >= 11 is 0. The molecule has 1 N–H and O–H groups in total. The van der Waals surface area contributed by atoms with Gasteiger partial charge in [0.05, 0.1) is 18.2 Å². The molecule has 0 spiro atoms. The van der Waals surface area contributed by atoms with Crippen LogP contribution in [0, 0.1) is 11.3 Å². The lowest BCUT2D eigenvalue weighted by atomic mass is 10.0. The lowest BCUT2D eigenvalue weighted by Crippen LogP contribution is -2.47. The first-order valence-corrected chi connectivity index (χ1v) is 9.95. The first-order chi connectivity index (χ1) is 15.1. The van der Waals surface area contributed by atoms with E-state index < -0.39 is 0 Å². The van der Waals surface area contributed by atoms with E-state index >= 15 is 0 Å². The Morgan fingerprint density at radius 1 is 1.16 bits per heavy atom. The molecule has 0 radical (unpaired) electrons. The summed E-state index contributed by atoms with van der Waals surface area (Å²) in [7, 11) is 1.82. The van der Waals surface area contributed by atoms with Crippen molar-refractivity contribution in [1.29, 1.82) is 5.26 Å². The quantitative estimate of drug-likeness (QED) is 0.658. The van der Waals surface area contributed by atoms with Gasteiger partial charge in [-0.1, -0.05) is 12.1 Å². The molecule has 4 rings (SSSR count). The number of benzene rings is 2. The third-order valence-corrected chi connectivity index (χ3v) is 5.15. The van der Waals surface area contributed by atoms with Gasteiger partial charge in [0.1, 0.15) is 30.0 Å². The summed E-state index contributed by atoms with van der Waals surface area (Å²) < 4.78 is 11.3. The first kappa shape index (κ1) is 20.4. The maximum absolute atomic E-state index is 11.8. The Hall–Kier alpha value is -3.89. The number of carbonyl (C=O) groups is 1. The molecule has 1 atom stereocenters. The predicted octanol–water partition coefficient (Wildman–Crippen LogP) is 3.89. The molecule has 3 aromatic rings. The van der Waals surface area contributed by atoms with E-state index in [4.69, 9.17) is 14.7 Å². The van der Waals surface area contributed by atoms with Gasteiger partial charge in [-0.2, -0.15) is 5.26 Å². The van der Waals surface area contributed by atoms with Gasteiger partial charge in [0, 0.05) is 18.9 Å². The van der Waals surface area contributed by atoms with E-state index in [2.05, 4.69) is 16.4 Å². The Morgan fingerprint density at radius 2 is 1.87 bits per heavy atom. The van der Waals surface area contributed by atoms with E-state index in [-0.39, 0.29) is 18.6 Å². The highest BCUT2D eigenvalue weighted by molar-refractivity contribution is 5.78. The number of likely N-dealkylation sites (N-methyl/N-ethyl adjacent to an activating group) is 1. The summed E-state index contributed by atoms with van der Waals surface area (Å²) in [5.74, 6) is 1.96. The number of hydrogen-bond acceptors (Lipinski definition) is 6. The highest BCUT2D eigenvalue weighted by atomic mass is 16.5. The van der Waals surface area contributed by atoms with Crippen LogP contribution < -0.4 is 10.1 Å². The van der Waals surface area contributed by atoms with Crippen molar-refractivity contribution in [3.05, 3.63) is 78.0 Å². The number of aromatic nitrogens is 1. The molecule has 156 valence electrons. The second kappa shape index (κ2) is 9.28. The van der Waals surface area contributed by atoms with Gasteiger partial charge in [0.25, 0.3) is 0 Å². The Kier molecular flexibility index (Phi) is 6.11. The number of morpholine rings is 1. The van der Waals surface area contributed by atoms with E-state index in [1.54, 1.807) is 23.2 Å². The normalized spacial score (nSPS) is 15.9. The van der Waals surface area contributed by atoms with E-state index in [0.29, 0.717) is 23.7 Å². The second-order valence-electron chi connectivity index (χ2n) is 7.28. The molecule has 1 aliphatic rings. The third kappa shape index (κ3) is 5.00. The van der Waals surface area contributed by atoms with Crippen molar-refractivity contribution in [3.8, 4) is 17.6 Å². The SMILES string of the molecule is CN1C(=O)COCC1Cc1ccc(Oc2ccc(Nc3ncccc3C#N)cc2)cc1. The van der Waals surface area contributed by atoms with Crippen LogP contribution in [-0.4, -0.2) is 42.1 Å². The molecule has 1 saturated heterocycles. The number of rotatable bonds is 6. The predicted molar refractivity (Wildman–Crippen MR) is 116 cm³/mol. The van der Waals surface area contributed by atoms with E-state index in [0.717, 1.165) is 23.4 Å². The number of anilines is 2. The minimum absolute atomic E-state index is 0.0148. The lowest BCUT2D eigenvalue weighted by Gasteiger charge is -2.32. The monoisotopic (exact) mass is 414 g/mol. The molecule has 7 nitrogen and oxygen atoms in total. The van der Waals surface area contributed by atoms with Gasteiger partial charge in [-0.3, -0.25) is 4.79 Å². The smallest absolute Gasteiger partial charge is 0.248 e. The number of amides is 1. The van der Waals surface area contributed by atoms with Gasteiger partial charge in [0.2, 0.25) is 5.91 Å². The van der Waals surface area contributed by atoms with Crippen LogP contribution in [0.5, 0.6) is 11.5 Å². The summed E-state index contributed by atoms with van der Waals surface area (Å²) in [4.78, 5) is 17.7. The molecule has 0 aliphatic carbocycles. The zero-order valence-electron chi connectivity index (χ0n) is 17.1. The minimum Gasteiger partial charge on any atom is -0.457 e. The maximum atomic E-state index is 11.8. The Labute approximate surface area is 180 Å². The number of nitriles is 1. The zero-order chi connectivity index (χ0) is 21.6. The minimum atomic E-state index is 0.0148. The summed E-state index contributed by atoms with van der Waals surface area (Å²) in [6.45, 7) is 0.713. The van der Waals surface area contributed by atoms with Crippen molar-refractivity contribution < 1.29 is 14.3 Å². The van der Waals surface area contributed by atoms with Crippen LogP contribution in [0.4, 0.5) is 11.5 Å². The second-order valence-corrected chi connectivity index (χ2v) is 7.28. The number of hydrogen-bond donors (Lipinski definition) is 1. The average Bonchev–Trinajstić information content (AvgIpc) is 2.80. The standard InChI is InChI=1S/C24H22N4O3/c1-28-20(15-30-16-23(28)29)13-17-4-8-21(9-5-17)31-22-10-6-19(7-11-22)27-24-18(14-25)3-2-12-26-24/h2-12,20H,13,15-16H2,1H3,(H,26,27). The molecule has 1 aliphatic heterocycles. The molecule has 7 heteroatoms. The Bertz CT molecular complexity index is 1090. The Balaban J connectivity index is 1.36. The molecule has 2 aromatic carbocycles. The Morgan fingerprint density at radius 3 is 2.58 bits per heavy atom. The van der Waals surface area contributed by atoms with Crippen molar-refractivity contribution in [1.82, 2.24) is 9.88 Å². The van der Waals surface area contributed by atoms with Crippen LogP contribution in [0.3, 0.4) is 0 Å². The zero-order valence-corrected chi connectivity index (χ0v) is 17.1. The summed E-state index contributed by atoms with van der Waals surface area (Å²) in [5.41, 5.74) is 2.41. The number of nitrogens with zero attached hydrogens (tertiary/aromatic N) is 3.